The first-order valence-corrected chi connectivity index (χ1v) is 7.48. The van der Waals surface area contributed by atoms with Gasteiger partial charge in [0.1, 0.15) is 0 Å². The van der Waals surface area contributed by atoms with Gasteiger partial charge in [-0.2, -0.15) is 0 Å². The van der Waals surface area contributed by atoms with Crippen molar-refractivity contribution in [1.29, 1.82) is 0 Å². The second-order valence-corrected chi connectivity index (χ2v) is 5.42. The zero-order valence-electron chi connectivity index (χ0n) is 11.3. The molecule has 96 valence electrons. The van der Waals surface area contributed by atoms with Crippen molar-refractivity contribution in [2.45, 2.75) is 96.7 Å². The second-order valence-electron chi connectivity index (χ2n) is 5.42. The Morgan fingerprint density at radius 2 is 1.38 bits per heavy atom. The molecule has 0 N–H and O–H groups in total. The predicted molar refractivity (Wildman–Crippen MR) is 70.8 cm³/mol. The SMILES string of the molecule is CCCCCCCCCCCC1CC(C)O1. The molecular formula is C15H30O. The highest BCUT2D eigenvalue weighted by Crippen LogP contribution is 2.24. The maximum absolute atomic E-state index is 5.61. The highest BCUT2D eigenvalue weighted by Gasteiger charge is 2.24. The van der Waals surface area contributed by atoms with Crippen molar-refractivity contribution in [3.05, 3.63) is 0 Å². The summed E-state index contributed by atoms with van der Waals surface area (Å²) in [6, 6.07) is 0. The summed E-state index contributed by atoms with van der Waals surface area (Å²) in [6.45, 7) is 4.45. The third-order valence-corrected chi connectivity index (χ3v) is 3.65. The summed E-state index contributed by atoms with van der Waals surface area (Å²) in [6.07, 6.45) is 16.6. The Bertz CT molecular complexity index is 150. The molecule has 0 saturated carbocycles. The first kappa shape index (κ1) is 14.0. The quantitative estimate of drug-likeness (QED) is 0.472. The minimum Gasteiger partial charge on any atom is -0.375 e. The van der Waals surface area contributed by atoms with Crippen LogP contribution in [0.2, 0.25) is 0 Å². The van der Waals surface area contributed by atoms with Crippen molar-refractivity contribution in [3.63, 3.8) is 0 Å². The zero-order chi connectivity index (χ0) is 11.6. The van der Waals surface area contributed by atoms with Crippen molar-refractivity contribution in [1.82, 2.24) is 0 Å². The lowest BCUT2D eigenvalue weighted by Gasteiger charge is -2.33. The van der Waals surface area contributed by atoms with Gasteiger partial charge < -0.3 is 4.74 Å². The molecule has 1 rings (SSSR count). The molecule has 1 saturated heterocycles. The molecule has 0 spiro atoms. The molecule has 1 fully saturated rings. The normalized spacial score (nSPS) is 24.4. The number of hydrogen-bond donors (Lipinski definition) is 0. The van der Waals surface area contributed by atoms with Gasteiger partial charge in [0.25, 0.3) is 0 Å². The molecule has 1 heterocycles. The van der Waals surface area contributed by atoms with Gasteiger partial charge >= 0.3 is 0 Å². The van der Waals surface area contributed by atoms with Crippen LogP contribution >= 0.6 is 0 Å². The molecule has 1 nitrogen and oxygen atoms in total. The number of rotatable bonds is 10. The number of unbranched alkanes of at least 4 members (excludes halogenated alkanes) is 8. The van der Waals surface area contributed by atoms with Crippen molar-refractivity contribution in [2.24, 2.45) is 0 Å². The lowest BCUT2D eigenvalue weighted by atomic mass is 9.99. The Labute approximate surface area is 102 Å². The van der Waals surface area contributed by atoms with E-state index < -0.39 is 0 Å². The second kappa shape index (κ2) is 9.04. The Hall–Kier alpha value is -0.0400. The molecule has 1 aliphatic rings. The average molecular weight is 226 g/mol. The summed E-state index contributed by atoms with van der Waals surface area (Å²) < 4.78 is 5.61. The van der Waals surface area contributed by atoms with Gasteiger partial charge in [-0.3, -0.25) is 0 Å². The molecule has 1 heteroatoms. The summed E-state index contributed by atoms with van der Waals surface area (Å²) in [5.41, 5.74) is 0. The van der Waals surface area contributed by atoms with Crippen LogP contribution in [0.15, 0.2) is 0 Å². The lowest BCUT2D eigenvalue weighted by Crippen LogP contribution is -2.34. The molecule has 0 amide bonds. The van der Waals surface area contributed by atoms with Crippen LogP contribution in [0.1, 0.15) is 84.5 Å². The van der Waals surface area contributed by atoms with E-state index in [4.69, 9.17) is 4.74 Å². The molecule has 0 aliphatic carbocycles. The van der Waals surface area contributed by atoms with Gasteiger partial charge in [-0.1, -0.05) is 64.7 Å². The highest BCUT2D eigenvalue weighted by atomic mass is 16.5. The largest absolute Gasteiger partial charge is 0.375 e. The van der Waals surface area contributed by atoms with Gasteiger partial charge in [-0.25, -0.2) is 0 Å². The Kier molecular flexibility index (Phi) is 7.92. The minimum absolute atomic E-state index is 0.545. The summed E-state index contributed by atoms with van der Waals surface area (Å²) in [7, 11) is 0. The monoisotopic (exact) mass is 226 g/mol. The Morgan fingerprint density at radius 1 is 0.875 bits per heavy atom. The van der Waals surface area contributed by atoms with Gasteiger partial charge in [0.15, 0.2) is 0 Å². The third kappa shape index (κ3) is 6.52. The fourth-order valence-corrected chi connectivity index (χ4v) is 2.56. The van der Waals surface area contributed by atoms with Gasteiger partial charge in [0, 0.05) is 0 Å². The third-order valence-electron chi connectivity index (χ3n) is 3.65. The molecule has 0 bridgehead atoms. The van der Waals surface area contributed by atoms with Crippen molar-refractivity contribution in [2.75, 3.05) is 0 Å². The van der Waals surface area contributed by atoms with Gasteiger partial charge in [0.2, 0.25) is 0 Å². The average Bonchev–Trinajstić information content (AvgIpc) is 2.24. The van der Waals surface area contributed by atoms with Gasteiger partial charge in [-0.15, -0.1) is 0 Å². The van der Waals surface area contributed by atoms with Crippen LogP contribution in [0, 0.1) is 0 Å². The van der Waals surface area contributed by atoms with Crippen LogP contribution in [0.3, 0.4) is 0 Å². The van der Waals surface area contributed by atoms with E-state index in [9.17, 15) is 0 Å². The molecule has 2 atom stereocenters. The van der Waals surface area contributed by atoms with E-state index in [1.165, 1.54) is 70.6 Å². The number of hydrogen-bond acceptors (Lipinski definition) is 1. The van der Waals surface area contributed by atoms with Crippen LogP contribution in [-0.2, 0) is 4.74 Å². The molecule has 2 unspecified atom stereocenters. The molecule has 1 aliphatic heterocycles. The highest BCUT2D eigenvalue weighted by molar-refractivity contribution is 4.73. The van der Waals surface area contributed by atoms with Gasteiger partial charge in [-0.05, 0) is 19.8 Å². The molecule has 0 aromatic carbocycles. The number of ether oxygens (including phenoxy) is 1. The molecule has 16 heavy (non-hydrogen) atoms. The topological polar surface area (TPSA) is 9.23 Å². The zero-order valence-corrected chi connectivity index (χ0v) is 11.3. The maximum Gasteiger partial charge on any atom is 0.0603 e. The predicted octanol–water partition coefficient (Wildman–Crippen LogP) is 5.08. The molecule has 0 radical (unpaired) electrons. The first-order valence-electron chi connectivity index (χ1n) is 7.48. The summed E-state index contributed by atoms with van der Waals surface area (Å²) in [5, 5.41) is 0. The van der Waals surface area contributed by atoms with Crippen molar-refractivity contribution < 1.29 is 4.74 Å². The van der Waals surface area contributed by atoms with E-state index in [0.717, 1.165) is 0 Å². The van der Waals surface area contributed by atoms with Crippen LogP contribution in [0.5, 0.6) is 0 Å². The molecule has 0 aromatic rings. The standard InChI is InChI=1S/C15H30O/c1-3-4-5-6-7-8-9-10-11-12-15-13-14(2)16-15/h14-15H,3-13H2,1-2H3. The van der Waals surface area contributed by atoms with Crippen molar-refractivity contribution >= 4 is 0 Å². The Balaban J connectivity index is 1.68. The van der Waals surface area contributed by atoms with E-state index in [1.54, 1.807) is 0 Å². The fraction of sp³-hybridized carbons (Fsp3) is 1.00. The smallest absolute Gasteiger partial charge is 0.0603 e. The summed E-state index contributed by atoms with van der Waals surface area (Å²) >= 11 is 0. The van der Waals surface area contributed by atoms with Crippen LogP contribution < -0.4 is 0 Å². The van der Waals surface area contributed by atoms with Crippen LogP contribution in [-0.4, -0.2) is 12.2 Å². The molecule has 0 aromatic heterocycles. The fourth-order valence-electron chi connectivity index (χ4n) is 2.56. The van der Waals surface area contributed by atoms with E-state index in [2.05, 4.69) is 13.8 Å². The van der Waals surface area contributed by atoms with E-state index >= 15 is 0 Å². The molecular weight excluding hydrogens is 196 g/mol. The minimum atomic E-state index is 0.545. The summed E-state index contributed by atoms with van der Waals surface area (Å²) in [4.78, 5) is 0. The van der Waals surface area contributed by atoms with Crippen molar-refractivity contribution in [3.8, 4) is 0 Å². The van der Waals surface area contributed by atoms with E-state index in [-0.39, 0.29) is 0 Å². The van der Waals surface area contributed by atoms with Gasteiger partial charge in [0.05, 0.1) is 12.2 Å². The lowest BCUT2D eigenvalue weighted by molar-refractivity contribution is -0.117. The maximum atomic E-state index is 5.61. The van der Waals surface area contributed by atoms with Crippen LogP contribution in [0.4, 0.5) is 0 Å². The van der Waals surface area contributed by atoms with E-state index in [0.29, 0.717) is 12.2 Å². The van der Waals surface area contributed by atoms with Crippen LogP contribution in [0.25, 0.3) is 0 Å². The van der Waals surface area contributed by atoms with E-state index in [1.807, 2.05) is 0 Å². The first-order chi connectivity index (χ1) is 7.83. The Morgan fingerprint density at radius 3 is 1.88 bits per heavy atom. The summed E-state index contributed by atoms with van der Waals surface area (Å²) in [5.74, 6) is 0.